The summed E-state index contributed by atoms with van der Waals surface area (Å²) in [4.78, 5) is 10.4. The summed E-state index contributed by atoms with van der Waals surface area (Å²) < 4.78 is 1.87. The van der Waals surface area contributed by atoms with Gasteiger partial charge in [0.25, 0.3) is 0 Å². The van der Waals surface area contributed by atoms with Crippen LogP contribution in [0, 0.1) is 0 Å². The average Bonchev–Trinajstić information content (AvgIpc) is 2.15. The summed E-state index contributed by atoms with van der Waals surface area (Å²) in [5.74, 6) is -0.902. The summed E-state index contributed by atoms with van der Waals surface area (Å²) in [6, 6.07) is 9.24. The summed E-state index contributed by atoms with van der Waals surface area (Å²) in [6.45, 7) is 0. The SMILES string of the molecule is NC(C[Te]c1ccccc1)C(=O)O. The molecule has 0 spiro atoms. The topological polar surface area (TPSA) is 63.3 Å². The molecular weight excluding hydrogens is 282 g/mol. The molecule has 0 heterocycles. The average molecular weight is 293 g/mol. The van der Waals surface area contributed by atoms with Crippen molar-refractivity contribution in [2.24, 2.45) is 5.73 Å². The molecule has 0 aromatic heterocycles. The maximum absolute atomic E-state index is 10.4. The summed E-state index contributed by atoms with van der Waals surface area (Å²) in [5, 5.41) is 8.56. The molecule has 1 aromatic rings. The van der Waals surface area contributed by atoms with E-state index in [4.69, 9.17) is 10.8 Å². The fraction of sp³-hybridized carbons (Fsp3) is 0.222. The molecule has 0 radical (unpaired) electrons. The number of hydrogen-bond donors (Lipinski definition) is 2. The van der Waals surface area contributed by atoms with Gasteiger partial charge in [-0.25, -0.2) is 0 Å². The Balaban J connectivity index is 2.39. The molecule has 0 saturated carbocycles. The van der Waals surface area contributed by atoms with E-state index in [9.17, 15) is 4.79 Å². The molecule has 0 aliphatic carbocycles. The molecule has 0 bridgehead atoms. The number of carbonyl (C=O) groups is 1. The van der Waals surface area contributed by atoms with Crippen molar-refractivity contribution >= 4 is 30.5 Å². The first-order valence-corrected chi connectivity index (χ1v) is 6.67. The molecule has 70 valence electrons. The molecule has 1 atom stereocenters. The number of hydrogen-bond acceptors (Lipinski definition) is 2. The molecular formula is C9H11NO2Te. The Kier molecular flexibility index (Phi) is 4.23. The van der Waals surface area contributed by atoms with Crippen molar-refractivity contribution in [2.75, 3.05) is 0 Å². The predicted octanol–water partition coefficient (Wildman–Crippen LogP) is -0.154. The van der Waals surface area contributed by atoms with Gasteiger partial charge in [-0.3, -0.25) is 0 Å². The van der Waals surface area contributed by atoms with Crippen molar-refractivity contribution in [3.63, 3.8) is 0 Å². The molecule has 1 unspecified atom stereocenters. The van der Waals surface area contributed by atoms with Gasteiger partial charge >= 0.3 is 87.0 Å². The molecule has 0 aliphatic heterocycles. The van der Waals surface area contributed by atoms with Gasteiger partial charge in [0.05, 0.1) is 0 Å². The van der Waals surface area contributed by atoms with Crippen LogP contribution in [0.15, 0.2) is 30.3 Å². The standard InChI is InChI=1S/C9H11NO2Te/c10-8(9(11)12)6-13-7-4-2-1-3-5-7/h1-5,8H,6,10H2,(H,11,12). The van der Waals surface area contributed by atoms with Gasteiger partial charge in [0, 0.05) is 0 Å². The van der Waals surface area contributed by atoms with E-state index in [0.717, 1.165) is 0 Å². The van der Waals surface area contributed by atoms with E-state index in [1.165, 1.54) is 3.61 Å². The first-order chi connectivity index (χ1) is 6.20. The van der Waals surface area contributed by atoms with E-state index in [0.29, 0.717) is 4.47 Å². The number of benzene rings is 1. The van der Waals surface area contributed by atoms with Crippen molar-refractivity contribution in [3.8, 4) is 0 Å². The van der Waals surface area contributed by atoms with Gasteiger partial charge in [-0.15, -0.1) is 0 Å². The maximum atomic E-state index is 10.4. The second-order valence-corrected chi connectivity index (χ2v) is 5.69. The van der Waals surface area contributed by atoms with E-state index in [1.54, 1.807) is 0 Å². The summed E-state index contributed by atoms with van der Waals surface area (Å²) in [6.07, 6.45) is 0. The van der Waals surface area contributed by atoms with E-state index < -0.39 is 32.9 Å². The van der Waals surface area contributed by atoms with E-state index in [1.807, 2.05) is 30.3 Å². The molecule has 0 fully saturated rings. The minimum absolute atomic E-state index is 0.429. The van der Waals surface area contributed by atoms with Gasteiger partial charge in [0.2, 0.25) is 0 Å². The second-order valence-electron chi connectivity index (χ2n) is 2.57. The van der Waals surface area contributed by atoms with Crippen LogP contribution in [0.4, 0.5) is 0 Å². The van der Waals surface area contributed by atoms with Gasteiger partial charge in [-0.05, 0) is 0 Å². The van der Waals surface area contributed by atoms with Crippen molar-refractivity contribution < 1.29 is 9.90 Å². The molecule has 3 N–H and O–H groups in total. The van der Waals surface area contributed by atoms with Crippen LogP contribution >= 0.6 is 0 Å². The van der Waals surface area contributed by atoms with Crippen LogP contribution in [0.3, 0.4) is 0 Å². The molecule has 13 heavy (non-hydrogen) atoms. The van der Waals surface area contributed by atoms with Crippen LogP contribution < -0.4 is 9.35 Å². The monoisotopic (exact) mass is 295 g/mol. The Morgan fingerprint density at radius 3 is 2.62 bits per heavy atom. The van der Waals surface area contributed by atoms with E-state index in [-0.39, 0.29) is 0 Å². The molecule has 0 saturated heterocycles. The molecule has 3 nitrogen and oxygen atoms in total. The number of carboxylic acids is 1. The number of rotatable bonds is 4. The Morgan fingerprint density at radius 2 is 2.08 bits per heavy atom. The molecule has 1 rings (SSSR count). The number of carboxylic acid groups (broad SMARTS) is 1. The molecule has 0 amide bonds. The fourth-order valence-corrected chi connectivity index (χ4v) is 3.24. The van der Waals surface area contributed by atoms with Gasteiger partial charge in [0.1, 0.15) is 0 Å². The Hall–Kier alpha value is -0.560. The molecule has 1 aromatic carbocycles. The van der Waals surface area contributed by atoms with Gasteiger partial charge in [0.15, 0.2) is 0 Å². The van der Waals surface area contributed by atoms with E-state index >= 15 is 0 Å². The zero-order chi connectivity index (χ0) is 9.68. The Bertz CT molecular complexity index is 276. The third-order valence-corrected chi connectivity index (χ3v) is 4.72. The second kappa shape index (κ2) is 5.23. The van der Waals surface area contributed by atoms with Crippen LogP contribution in [0.2, 0.25) is 4.47 Å². The van der Waals surface area contributed by atoms with Gasteiger partial charge in [-0.1, -0.05) is 0 Å². The minimum atomic E-state index is -0.902. The number of aliphatic carboxylic acids is 1. The van der Waals surface area contributed by atoms with Crippen molar-refractivity contribution in [3.05, 3.63) is 30.3 Å². The van der Waals surface area contributed by atoms with Crippen molar-refractivity contribution in [1.29, 1.82) is 0 Å². The molecule has 4 heteroatoms. The van der Waals surface area contributed by atoms with Crippen molar-refractivity contribution in [1.82, 2.24) is 0 Å². The van der Waals surface area contributed by atoms with Gasteiger partial charge < -0.3 is 0 Å². The Morgan fingerprint density at radius 1 is 1.46 bits per heavy atom. The van der Waals surface area contributed by atoms with Crippen molar-refractivity contribution in [2.45, 2.75) is 10.5 Å². The first kappa shape index (κ1) is 10.5. The van der Waals surface area contributed by atoms with Gasteiger partial charge in [-0.2, -0.15) is 0 Å². The zero-order valence-corrected chi connectivity index (χ0v) is 9.34. The fourth-order valence-electron chi connectivity index (χ4n) is 0.774. The quantitative estimate of drug-likeness (QED) is 0.759. The van der Waals surface area contributed by atoms with E-state index in [2.05, 4.69) is 0 Å². The first-order valence-electron chi connectivity index (χ1n) is 3.86. The Labute approximate surface area is 87.0 Å². The zero-order valence-electron chi connectivity index (χ0n) is 7.01. The third-order valence-electron chi connectivity index (χ3n) is 1.49. The third kappa shape index (κ3) is 3.77. The summed E-state index contributed by atoms with van der Waals surface area (Å²) in [7, 11) is 0. The van der Waals surface area contributed by atoms with Crippen LogP contribution in [0.5, 0.6) is 0 Å². The normalized spacial score (nSPS) is 12.4. The molecule has 0 aliphatic rings. The van der Waals surface area contributed by atoms with Crippen LogP contribution in [-0.2, 0) is 4.79 Å². The summed E-state index contributed by atoms with van der Waals surface area (Å²) >= 11 is -0.429. The predicted molar refractivity (Wildman–Crippen MR) is 52.2 cm³/mol. The van der Waals surface area contributed by atoms with Crippen LogP contribution in [-0.4, -0.2) is 38.0 Å². The summed E-state index contributed by atoms with van der Waals surface area (Å²) in [5.41, 5.74) is 5.40. The number of nitrogens with two attached hydrogens (primary N) is 1. The van der Waals surface area contributed by atoms with Crippen LogP contribution in [0.1, 0.15) is 0 Å². The van der Waals surface area contributed by atoms with Crippen LogP contribution in [0.25, 0.3) is 0 Å².